The van der Waals surface area contributed by atoms with Gasteiger partial charge in [-0.1, -0.05) is 42.5 Å². The Hall–Kier alpha value is -2.80. The molecule has 1 amide bonds. The van der Waals surface area contributed by atoms with E-state index < -0.39 is 0 Å². The number of aromatic nitrogens is 1. The fraction of sp³-hybridized carbons (Fsp3) is 0.0833. The zero-order valence-corrected chi connectivity index (χ0v) is 17.9. The zero-order valence-electron chi connectivity index (χ0n) is 15.8. The summed E-state index contributed by atoms with van der Waals surface area (Å²) in [4.78, 5) is 19.3. The molecule has 0 saturated heterocycles. The van der Waals surface area contributed by atoms with Crippen molar-refractivity contribution in [2.24, 2.45) is 0 Å². The van der Waals surface area contributed by atoms with Crippen molar-refractivity contribution in [2.45, 2.75) is 6.54 Å². The van der Waals surface area contributed by atoms with Crippen LogP contribution in [0.5, 0.6) is 0 Å². The van der Waals surface area contributed by atoms with Crippen LogP contribution >= 0.6 is 22.6 Å². The van der Waals surface area contributed by atoms with E-state index in [1.54, 1.807) is 30.1 Å². The number of nitrogens with zero attached hydrogens (tertiary/aromatic N) is 2. The molecule has 0 saturated carbocycles. The van der Waals surface area contributed by atoms with E-state index >= 15 is 0 Å². The Labute approximate surface area is 182 Å². The molecule has 0 aliphatic heterocycles. The largest absolute Gasteiger partial charge is 0.336 e. The number of pyridine rings is 1. The van der Waals surface area contributed by atoms with Gasteiger partial charge in [0.25, 0.3) is 5.91 Å². The number of hydrogen-bond acceptors (Lipinski definition) is 2. The first-order valence-electron chi connectivity index (χ1n) is 9.17. The van der Waals surface area contributed by atoms with E-state index in [0.29, 0.717) is 12.2 Å². The van der Waals surface area contributed by atoms with Gasteiger partial charge in [-0.3, -0.25) is 4.79 Å². The summed E-state index contributed by atoms with van der Waals surface area (Å²) in [5, 5.41) is 0.927. The van der Waals surface area contributed by atoms with E-state index in [2.05, 4.69) is 27.6 Å². The number of fused-ring (bicyclic) bond motifs is 1. The van der Waals surface area contributed by atoms with Crippen molar-refractivity contribution in [3.63, 3.8) is 0 Å². The maximum atomic E-state index is 13.4. The maximum Gasteiger partial charge on any atom is 0.272 e. The van der Waals surface area contributed by atoms with Crippen LogP contribution in [0.25, 0.3) is 22.0 Å². The third-order valence-electron chi connectivity index (χ3n) is 4.77. The Bertz CT molecular complexity index is 1170. The SMILES string of the molecule is CN(Cc1ccc(I)cc1)C(=O)c1cc(-c2ccc(F)cc2)c2ccccc2n1. The Kier molecular flexibility index (Phi) is 5.58. The number of carbonyl (C=O) groups excluding carboxylic acids is 1. The van der Waals surface area contributed by atoms with Gasteiger partial charge in [0.15, 0.2) is 0 Å². The number of halogens is 2. The van der Waals surface area contributed by atoms with Gasteiger partial charge >= 0.3 is 0 Å². The molecule has 0 spiro atoms. The summed E-state index contributed by atoms with van der Waals surface area (Å²) in [5.41, 5.74) is 3.87. The molecular weight excluding hydrogens is 478 g/mol. The normalized spacial score (nSPS) is 10.9. The number of amides is 1. The minimum Gasteiger partial charge on any atom is -0.336 e. The molecule has 4 rings (SSSR count). The van der Waals surface area contributed by atoms with E-state index in [1.165, 1.54) is 12.1 Å². The minimum atomic E-state index is -0.291. The number of para-hydroxylation sites is 1. The highest BCUT2D eigenvalue weighted by Crippen LogP contribution is 2.29. The van der Waals surface area contributed by atoms with E-state index in [0.717, 1.165) is 31.2 Å². The van der Waals surface area contributed by atoms with E-state index in [4.69, 9.17) is 0 Å². The molecule has 0 unspecified atom stereocenters. The zero-order chi connectivity index (χ0) is 20.4. The third kappa shape index (κ3) is 4.29. The molecule has 0 radical (unpaired) electrons. The lowest BCUT2D eigenvalue weighted by atomic mass is 10.00. The van der Waals surface area contributed by atoms with Gasteiger partial charge in [-0.25, -0.2) is 9.37 Å². The first-order valence-corrected chi connectivity index (χ1v) is 10.2. The lowest BCUT2D eigenvalue weighted by molar-refractivity contribution is 0.0780. The molecule has 1 aromatic heterocycles. The van der Waals surface area contributed by atoms with Crippen LogP contribution in [-0.2, 0) is 6.54 Å². The van der Waals surface area contributed by atoms with Gasteiger partial charge in [-0.05, 0) is 75.7 Å². The summed E-state index contributed by atoms with van der Waals surface area (Å²) in [7, 11) is 1.77. The summed E-state index contributed by atoms with van der Waals surface area (Å²) in [5.74, 6) is -0.446. The number of benzene rings is 3. The molecule has 3 aromatic carbocycles. The maximum absolute atomic E-state index is 13.4. The molecule has 0 aliphatic rings. The van der Waals surface area contributed by atoms with Crippen LogP contribution in [-0.4, -0.2) is 22.8 Å². The summed E-state index contributed by atoms with van der Waals surface area (Å²) in [6.07, 6.45) is 0. The van der Waals surface area contributed by atoms with E-state index in [-0.39, 0.29) is 11.7 Å². The number of rotatable bonds is 4. The lowest BCUT2D eigenvalue weighted by Crippen LogP contribution is -2.27. The van der Waals surface area contributed by atoms with Crippen molar-refractivity contribution in [3.8, 4) is 11.1 Å². The second-order valence-electron chi connectivity index (χ2n) is 6.87. The van der Waals surface area contributed by atoms with Crippen LogP contribution in [0.4, 0.5) is 4.39 Å². The highest BCUT2D eigenvalue weighted by atomic mass is 127. The van der Waals surface area contributed by atoms with Gasteiger partial charge in [-0.2, -0.15) is 0 Å². The Morgan fingerprint density at radius 2 is 1.69 bits per heavy atom. The topological polar surface area (TPSA) is 33.2 Å². The van der Waals surface area contributed by atoms with E-state index in [9.17, 15) is 9.18 Å². The summed E-state index contributed by atoms with van der Waals surface area (Å²) in [6.45, 7) is 0.496. The molecule has 3 nitrogen and oxygen atoms in total. The van der Waals surface area contributed by atoms with Crippen LogP contribution in [0, 0.1) is 9.39 Å². The van der Waals surface area contributed by atoms with Gasteiger partial charge in [0.2, 0.25) is 0 Å². The monoisotopic (exact) mass is 496 g/mol. The average Bonchev–Trinajstić information content (AvgIpc) is 2.74. The first-order chi connectivity index (χ1) is 14.0. The Morgan fingerprint density at radius 1 is 1.00 bits per heavy atom. The molecule has 0 aliphatic carbocycles. The Morgan fingerprint density at radius 3 is 2.41 bits per heavy atom. The van der Waals surface area contributed by atoms with E-state index in [1.807, 2.05) is 48.5 Å². The third-order valence-corrected chi connectivity index (χ3v) is 5.49. The second kappa shape index (κ2) is 8.29. The minimum absolute atomic E-state index is 0.155. The van der Waals surface area contributed by atoms with Crippen LogP contribution in [0.15, 0.2) is 78.9 Å². The smallest absolute Gasteiger partial charge is 0.272 e. The quantitative estimate of drug-likeness (QED) is 0.329. The van der Waals surface area contributed by atoms with Crippen molar-refractivity contribution in [1.82, 2.24) is 9.88 Å². The van der Waals surface area contributed by atoms with Crippen LogP contribution in [0.1, 0.15) is 16.1 Å². The highest BCUT2D eigenvalue weighted by molar-refractivity contribution is 14.1. The lowest BCUT2D eigenvalue weighted by Gasteiger charge is -2.18. The number of hydrogen-bond donors (Lipinski definition) is 0. The van der Waals surface area contributed by atoms with Crippen molar-refractivity contribution in [2.75, 3.05) is 7.05 Å². The molecule has 144 valence electrons. The van der Waals surface area contributed by atoms with Gasteiger partial charge in [0, 0.05) is 22.5 Å². The van der Waals surface area contributed by atoms with Crippen molar-refractivity contribution < 1.29 is 9.18 Å². The molecule has 0 bridgehead atoms. The van der Waals surface area contributed by atoms with Crippen LogP contribution in [0.2, 0.25) is 0 Å². The van der Waals surface area contributed by atoms with Gasteiger partial charge in [0.05, 0.1) is 5.52 Å². The predicted octanol–water partition coefficient (Wildman–Crippen LogP) is 5.92. The fourth-order valence-corrected chi connectivity index (χ4v) is 3.64. The summed E-state index contributed by atoms with van der Waals surface area (Å²) in [6, 6.07) is 23.8. The molecule has 0 fully saturated rings. The average molecular weight is 496 g/mol. The molecular formula is C24H18FIN2O. The van der Waals surface area contributed by atoms with Gasteiger partial charge in [0.1, 0.15) is 11.5 Å². The van der Waals surface area contributed by atoms with Gasteiger partial charge in [-0.15, -0.1) is 0 Å². The summed E-state index contributed by atoms with van der Waals surface area (Å²) < 4.78 is 14.5. The first kappa shape index (κ1) is 19.5. The van der Waals surface area contributed by atoms with Crippen molar-refractivity contribution >= 4 is 39.4 Å². The van der Waals surface area contributed by atoms with Crippen molar-refractivity contribution in [1.29, 1.82) is 0 Å². The Balaban J connectivity index is 1.72. The highest BCUT2D eigenvalue weighted by Gasteiger charge is 2.17. The molecule has 0 N–H and O–H groups in total. The molecule has 4 aromatic rings. The number of carbonyl (C=O) groups is 1. The molecule has 5 heteroatoms. The predicted molar refractivity (Wildman–Crippen MR) is 122 cm³/mol. The molecule has 0 atom stereocenters. The fourth-order valence-electron chi connectivity index (χ4n) is 3.28. The van der Waals surface area contributed by atoms with Gasteiger partial charge < -0.3 is 4.90 Å². The van der Waals surface area contributed by atoms with Crippen LogP contribution in [0.3, 0.4) is 0 Å². The molecule has 1 heterocycles. The molecule has 29 heavy (non-hydrogen) atoms. The standard InChI is InChI=1S/C24H18FIN2O/c1-28(15-16-6-12-19(26)13-7-16)24(29)23-14-21(17-8-10-18(25)11-9-17)20-4-2-3-5-22(20)27-23/h2-14H,15H2,1H3. The summed E-state index contributed by atoms with van der Waals surface area (Å²) >= 11 is 2.26. The van der Waals surface area contributed by atoms with Crippen LogP contribution < -0.4 is 0 Å². The van der Waals surface area contributed by atoms with Crippen molar-refractivity contribution in [3.05, 3.63) is 99.5 Å². The second-order valence-corrected chi connectivity index (χ2v) is 8.11.